The Bertz CT molecular complexity index is 2230. The van der Waals surface area contributed by atoms with Gasteiger partial charge in [-0.05, 0) is 128 Å². The van der Waals surface area contributed by atoms with Crippen molar-refractivity contribution in [1.82, 2.24) is 0 Å². The van der Waals surface area contributed by atoms with Gasteiger partial charge in [0.15, 0.2) is 6.10 Å². The number of quaternary nitrogens is 1. The number of carbonyl (C=O) groups excluding carboxylic acids is 2. The van der Waals surface area contributed by atoms with E-state index in [0.29, 0.717) is 17.4 Å². The Balaban J connectivity index is 4.06. The molecule has 9 nitrogen and oxygen atoms in total. The molecule has 0 aliphatic heterocycles. The minimum absolute atomic E-state index is 0.0465. The summed E-state index contributed by atoms with van der Waals surface area (Å²) in [6.07, 6.45) is 113. The van der Waals surface area contributed by atoms with Crippen molar-refractivity contribution in [2.24, 2.45) is 0 Å². The molecular weight excluding hydrogens is 1210 g/mol. The van der Waals surface area contributed by atoms with E-state index in [1.54, 1.807) is 0 Å². The van der Waals surface area contributed by atoms with E-state index in [9.17, 15) is 19.0 Å². The summed E-state index contributed by atoms with van der Waals surface area (Å²) < 4.78 is 34.3. The number of ether oxygens (including phenoxy) is 2. The SMILES string of the molecule is CC/C=C\C/C=C\C/C=C\C/C=C\C/C=C\C/C=C\C/C=C\C/C=C\C/C=C\C/C=C\CCCCC(=O)OC(COC(=O)CCCCCCCCCCCCCCCCCCCCCCCCCCCC/C=C\C/C=C\C/C=C\C/C=C\CC)COP(=O)([O-])OCC[N+](C)(C)C. The van der Waals surface area contributed by atoms with Crippen molar-refractivity contribution in [1.29, 1.82) is 0 Å². The van der Waals surface area contributed by atoms with Crippen molar-refractivity contribution in [3.63, 3.8) is 0 Å². The second kappa shape index (κ2) is 74.6. The van der Waals surface area contributed by atoms with Crippen molar-refractivity contribution in [2.45, 2.75) is 315 Å². The van der Waals surface area contributed by atoms with Crippen LogP contribution in [0.25, 0.3) is 0 Å². The number of allylic oxidation sites excluding steroid dienone is 28. The van der Waals surface area contributed by atoms with Gasteiger partial charge >= 0.3 is 11.9 Å². The van der Waals surface area contributed by atoms with Crippen molar-refractivity contribution >= 4 is 19.8 Å². The van der Waals surface area contributed by atoms with Crippen molar-refractivity contribution in [3.8, 4) is 0 Å². The number of rotatable bonds is 70. The van der Waals surface area contributed by atoms with E-state index in [1.165, 1.54) is 154 Å². The van der Waals surface area contributed by atoms with E-state index in [2.05, 4.69) is 184 Å². The minimum Gasteiger partial charge on any atom is -0.756 e. The Morgan fingerprint density at radius 1 is 0.323 bits per heavy atom. The maximum Gasteiger partial charge on any atom is 0.306 e. The smallest absolute Gasteiger partial charge is 0.306 e. The average molecular weight is 1350 g/mol. The maximum absolute atomic E-state index is 12.9. The zero-order valence-electron chi connectivity index (χ0n) is 62.3. The number of hydrogen-bond donors (Lipinski definition) is 0. The summed E-state index contributed by atoms with van der Waals surface area (Å²) in [4.78, 5) is 38.1. The number of nitrogens with zero attached hydrogens (tertiary/aromatic N) is 1. The zero-order chi connectivity index (χ0) is 69.7. The molecule has 0 rings (SSSR count). The molecule has 0 aliphatic rings. The minimum atomic E-state index is -4.67. The number of hydrogen-bond acceptors (Lipinski definition) is 8. The van der Waals surface area contributed by atoms with Gasteiger partial charge in [0.25, 0.3) is 7.82 Å². The third-order valence-corrected chi connectivity index (χ3v) is 17.2. The highest BCUT2D eigenvalue weighted by molar-refractivity contribution is 7.45. The fraction of sp³-hybridized carbons (Fsp3) is 0.651. The molecule has 0 aromatic heterocycles. The summed E-state index contributed by atoms with van der Waals surface area (Å²) in [6, 6.07) is 0. The van der Waals surface area contributed by atoms with Gasteiger partial charge in [0, 0.05) is 12.8 Å². The summed E-state index contributed by atoms with van der Waals surface area (Å²) in [5.41, 5.74) is 0. The van der Waals surface area contributed by atoms with Crippen LogP contribution in [0.4, 0.5) is 0 Å². The first-order valence-electron chi connectivity index (χ1n) is 38.8. The lowest BCUT2D eigenvalue weighted by Crippen LogP contribution is -2.37. The maximum atomic E-state index is 12.9. The molecule has 0 aromatic carbocycles. The van der Waals surface area contributed by atoms with Gasteiger partial charge in [0.2, 0.25) is 0 Å². The van der Waals surface area contributed by atoms with E-state index in [4.69, 9.17) is 18.5 Å². The molecule has 96 heavy (non-hydrogen) atoms. The Morgan fingerprint density at radius 3 is 0.854 bits per heavy atom. The van der Waals surface area contributed by atoms with Gasteiger partial charge in [-0.3, -0.25) is 14.2 Å². The van der Waals surface area contributed by atoms with Crippen LogP contribution in [0.5, 0.6) is 0 Å². The topological polar surface area (TPSA) is 111 Å². The average Bonchev–Trinajstić information content (AvgIpc) is 1.48. The largest absolute Gasteiger partial charge is 0.756 e. The van der Waals surface area contributed by atoms with E-state index in [0.717, 1.165) is 122 Å². The first-order valence-corrected chi connectivity index (χ1v) is 40.3. The Hall–Kier alpha value is -4.63. The lowest BCUT2D eigenvalue weighted by atomic mass is 10.0. The fourth-order valence-electron chi connectivity index (χ4n) is 10.4. The summed E-state index contributed by atoms with van der Waals surface area (Å²) in [6.45, 7) is 3.97. The van der Waals surface area contributed by atoms with Crippen LogP contribution in [0.15, 0.2) is 170 Å². The number of carbonyl (C=O) groups is 2. The van der Waals surface area contributed by atoms with Crippen LogP contribution in [0.1, 0.15) is 309 Å². The lowest BCUT2D eigenvalue weighted by Gasteiger charge is -2.28. The molecule has 0 bridgehead atoms. The van der Waals surface area contributed by atoms with Gasteiger partial charge in [-0.15, -0.1) is 0 Å². The van der Waals surface area contributed by atoms with Crippen LogP contribution >= 0.6 is 7.82 Å². The Labute approximate surface area is 591 Å². The van der Waals surface area contributed by atoms with Crippen LogP contribution < -0.4 is 4.89 Å². The molecule has 0 fully saturated rings. The van der Waals surface area contributed by atoms with Crippen LogP contribution in [-0.2, 0) is 32.7 Å². The Kier molecular flexibility index (Phi) is 71.0. The van der Waals surface area contributed by atoms with E-state index in [-0.39, 0.29) is 26.1 Å². The van der Waals surface area contributed by atoms with E-state index < -0.39 is 32.5 Å². The second-order valence-corrected chi connectivity index (χ2v) is 28.0. The summed E-state index contributed by atoms with van der Waals surface area (Å²) in [5, 5.41) is 0. The first-order chi connectivity index (χ1) is 47.0. The highest BCUT2D eigenvalue weighted by atomic mass is 31.2. The second-order valence-electron chi connectivity index (χ2n) is 26.6. The summed E-state index contributed by atoms with van der Waals surface area (Å²) >= 11 is 0. The molecule has 0 radical (unpaired) electrons. The van der Waals surface area contributed by atoms with Crippen LogP contribution in [0.3, 0.4) is 0 Å². The fourth-order valence-corrected chi connectivity index (χ4v) is 11.1. The number of phosphoric acid groups is 1. The van der Waals surface area contributed by atoms with Crippen LogP contribution in [0.2, 0.25) is 0 Å². The van der Waals surface area contributed by atoms with Gasteiger partial charge in [-0.1, -0.05) is 338 Å². The Morgan fingerprint density at radius 2 is 0.562 bits per heavy atom. The molecular formula is C86H144NO8P. The molecule has 0 spiro atoms. The summed E-state index contributed by atoms with van der Waals surface area (Å²) in [5.74, 6) is -0.885. The molecule has 0 amide bonds. The third-order valence-electron chi connectivity index (χ3n) is 16.2. The van der Waals surface area contributed by atoms with Gasteiger partial charge in [0.05, 0.1) is 27.7 Å². The molecule has 0 saturated carbocycles. The first kappa shape index (κ1) is 91.4. The molecule has 0 saturated heterocycles. The standard InChI is InChI=1S/C86H144NO8P/c1-6-8-10-12-14-16-18-20-22-24-26-28-30-32-34-36-38-40-41-42-43-44-45-47-48-50-52-54-56-58-60-62-64-66-68-70-72-74-76-78-85(88)92-82-84(83-94-96(90,91)93-81-80-87(3,4)5)95-86(89)79-77-75-73-71-69-67-65-63-61-59-57-55-53-51-49-46-39-37-35-33-31-29-27-25-23-21-19-17-15-13-11-9-7-2/h8-11,14-17,20-23,26-29,33,35,39,46,51,53,57,59,63,65,69,71,84H,6-7,12-13,18-19,24-25,30-32,34,36-38,40-45,47-50,52,54-56,58,60-62,64,66-68,70,72-83H2,1-5H3/b10-8-,11-9-,16-14-,17-15-,22-20-,23-21-,28-26-,29-27-,35-33-,46-39-,53-51-,59-57-,65-63-,71-69-. The molecule has 2 atom stereocenters. The van der Waals surface area contributed by atoms with Crippen molar-refractivity contribution in [3.05, 3.63) is 170 Å². The lowest BCUT2D eigenvalue weighted by molar-refractivity contribution is -0.870. The molecule has 0 aliphatic carbocycles. The molecule has 0 aromatic rings. The predicted octanol–water partition coefficient (Wildman–Crippen LogP) is 25.4. The van der Waals surface area contributed by atoms with Crippen molar-refractivity contribution in [2.75, 3.05) is 47.5 Å². The number of likely N-dealkylation sites (N-methyl/N-ethyl adjacent to an activating group) is 1. The molecule has 0 N–H and O–H groups in total. The molecule has 0 heterocycles. The zero-order valence-corrected chi connectivity index (χ0v) is 63.2. The molecule has 546 valence electrons. The monoisotopic (exact) mass is 1350 g/mol. The number of unbranched alkanes of at least 4 members (excludes halogenated alkanes) is 28. The number of phosphoric ester groups is 1. The van der Waals surface area contributed by atoms with Gasteiger partial charge in [0.1, 0.15) is 19.8 Å². The van der Waals surface area contributed by atoms with E-state index >= 15 is 0 Å². The van der Waals surface area contributed by atoms with Gasteiger partial charge in [-0.25, -0.2) is 0 Å². The number of esters is 2. The molecule has 10 heteroatoms. The van der Waals surface area contributed by atoms with Crippen molar-refractivity contribution < 1.29 is 42.1 Å². The quantitative estimate of drug-likeness (QED) is 0.0195. The molecule has 2 unspecified atom stereocenters. The normalized spacial score (nSPS) is 14.0. The predicted molar refractivity (Wildman–Crippen MR) is 415 cm³/mol. The van der Waals surface area contributed by atoms with Gasteiger partial charge in [-0.2, -0.15) is 0 Å². The van der Waals surface area contributed by atoms with Gasteiger partial charge < -0.3 is 27.9 Å². The highest BCUT2D eigenvalue weighted by Crippen LogP contribution is 2.38. The van der Waals surface area contributed by atoms with E-state index in [1.807, 2.05) is 21.1 Å². The van der Waals surface area contributed by atoms with Crippen LogP contribution in [0, 0.1) is 0 Å². The highest BCUT2D eigenvalue weighted by Gasteiger charge is 2.22. The third kappa shape index (κ3) is 78.4. The van der Waals surface area contributed by atoms with Crippen LogP contribution in [-0.4, -0.2) is 70.0 Å². The summed E-state index contributed by atoms with van der Waals surface area (Å²) in [7, 11) is 1.12.